The van der Waals surface area contributed by atoms with Crippen LogP contribution in [-0.4, -0.2) is 36.1 Å². The Hall–Kier alpha value is -1.23. The maximum absolute atomic E-state index is 13.7. The zero-order valence-corrected chi connectivity index (χ0v) is 9.12. The summed E-state index contributed by atoms with van der Waals surface area (Å²) in [6.45, 7) is 3.75. The van der Waals surface area contributed by atoms with E-state index in [4.69, 9.17) is 0 Å². The molecule has 1 aromatic rings. The van der Waals surface area contributed by atoms with Crippen molar-refractivity contribution in [1.82, 2.24) is 15.3 Å². The van der Waals surface area contributed by atoms with Gasteiger partial charge in [0.05, 0.1) is 0 Å². The van der Waals surface area contributed by atoms with E-state index >= 15 is 0 Å². The summed E-state index contributed by atoms with van der Waals surface area (Å²) in [5.74, 6) is 0.717. The summed E-state index contributed by atoms with van der Waals surface area (Å²) in [4.78, 5) is 10.6. The fourth-order valence-corrected chi connectivity index (χ4v) is 1.98. The number of aromatic nitrogens is 2. The topological polar surface area (TPSA) is 41.1 Å². The van der Waals surface area contributed by atoms with E-state index in [0.717, 1.165) is 32.1 Å². The summed E-state index contributed by atoms with van der Waals surface area (Å²) >= 11 is 0. The molecule has 4 nitrogen and oxygen atoms in total. The van der Waals surface area contributed by atoms with Crippen molar-refractivity contribution in [1.29, 1.82) is 0 Å². The monoisotopic (exact) mass is 222 g/mol. The highest BCUT2D eigenvalue weighted by atomic mass is 19.1. The Bertz CT molecular complexity index is 368. The van der Waals surface area contributed by atoms with Crippen LogP contribution < -0.4 is 10.2 Å². The number of alkyl halides is 1. The minimum atomic E-state index is -1.12. The summed E-state index contributed by atoms with van der Waals surface area (Å²) in [5, 5.41) is 3.27. The third kappa shape index (κ3) is 1.75. The summed E-state index contributed by atoms with van der Waals surface area (Å²) in [5.41, 5.74) is -0.492. The highest BCUT2D eigenvalue weighted by Crippen LogP contribution is 2.49. The Morgan fingerprint density at radius 2 is 1.81 bits per heavy atom. The molecule has 0 spiro atoms. The van der Waals surface area contributed by atoms with Gasteiger partial charge >= 0.3 is 0 Å². The number of nitrogens with one attached hydrogen (secondary N) is 1. The molecule has 1 saturated carbocycles. The maximum Gasteiger partial charge on any atom is 0.225 e. The molecule has 2 fully saturated rings. The second-order valence-electron chi connectivity index (χ2n) is 4.47. The molecule has 0 radical (unpaired) electrons. The minimum Gasteiger partial charge on any atom is -0.338 e. The predicted octanol–water partition coefficient (Wildman–Crippen LogP) is 0.845. The molecule has 0 aromatic carbocycles. The number of anilines is 1. The maximum atomic E-state index is 13.7. The molecule has 2 heterocycles. The molecule has 3 rings (SSSR count). The van der Waals surface area contributed by atoms with E-state index < -0.39 is 5.67 Å². The average molecular weight is 222 g/mol. The molecule has 16 heavy (non-hydrogen) atoms. The second kappa shape index (κ2) is 3.66. The average Bonchev–Trinajstić information content (AvgIpc) is 3.10. The molecule has 5 heteroatoms. The highest BCUT2D eigenvalue weighted by molar-refractivity contribution is 5.33. The molecule has 1 aliphatic heterocycles. The number of rotatable bonds is 2. The van der Waals surface area contributed by atoms with Gasteiger partial charge in [0.2, 0.25) is 5.95 Å². The molecule has 0 amide bonds. The first-order chi connectivity index (χ1) is 7.78. The third-order valence-corrected chi connectivity index (χ3v) is 3.24. The SMILES string of the molecule is FC1(c2cnc(N3CCNCC3)nc2)CC1. The third-order valence-electron chi connectivity index (χ3n) is 3.24. The molecule has 1 aromatic heterocycles. The number of hydrogen-bond donors (Lipinski definition) is 1. The minimum absolute atomic E-state index is 0.614. The van der Waals surface area contributed by atoms with Crippen molar-refractivity contribution in [3.63, 3.8) is 0 Å². The van der Waals surface area contributed by atoms with Crippen LogP contribution in [0.1, 0.15) is 18.4 Å². The molecule has 1 N–H and O–H groups in total. The van der Waals surface area contributed by atoms with Gasteiger partial charge in [0.25, 0.3) is 0 Å². The lowest BCUT2D eigenvalue weighted by atomic mass is 10.2. The van der Waals surface area contributed by atoms with Crippen LogP contribution >= 0.6 is 0 Å². The largest absolute Gasteiger partial charge is 0.338 e. The fraction of sp³-hybridized carbons (Fsp3) is 0.636. The normalized spacial score (nSPS) is 23.2. The molecule has 2 aliphatic rings. The van der Waals surface area contributed by atoms with Crippen molar-refractivity contribution in [2.24, 2.45) is 0 Å². The van der Waals surface area contributed by atoms with Gasteiger partial charge in [0, 0.05) is 44.1 Å². The van der Waals surface area contributed by atoms with Gasteiger partial charge in [0.1, 0.15) is 5.67 Å². The van der Waals surface area contributed by atoms with Crippen LogP contribution in [0.2, 0.25) is 0 Å². The van der Waals surface area contributed by atoms with E-state index in [9.17, 15) is 4.39 Å². The van der Waals surface area contributed by atoms with Crippen molar-refractivity contribution in [3.05, 3.63) is 18.0 Å². The fourth-order valence-electron chi connectivity index (χ4n) is 1.98. The first-order valence-electron chi connectivity index (χ1n) is 5.75. The quantitative estimate of drug-likeness (QED) is 0.805. The Balaban J connectivity index is 1.76. The summed E-state index contributed by atoms with van der Waals surface area (Å²) in [6, 6.07) is 0. The van der Waals surface area contributed by atoms with Gasteiger partial charge in [-0.25, -0.2) is 14.4 Å². The Morgan fingerprint density at radius 1 is 1.19 bits per heavy atom. The van der Waals surface area contributed by atoms with Gasteiger partial charge in [-0.3, -0.25) is 0 Å². The van der Waals surface area contributed by atoms with E-state index in [1.54, 1.807) is 12.4 Å². The summed E-state index contributed by atoms with van der Waals surface area (Å²) in [6.07, 6.45) is 4.50. The number of hydrogen-bond acceptors (Lipinski definition) is 4. The van der Waals surface area contributed by atoms with Gasteiger partial charge in [-0.2, -0.15) is 0 Å². The molecule has 86 valence electrons. The first kappa shape index (κ1) is 9.96. The Labute approximate surface area is 93.9 Å². The van der Waals surface area contributed by atoms with Gasteiger partial charge < -0.3 is 10.2 Å². The lowest BCUT2D eigenvalue weighted by Gasteiger charge is -2.27. The first-order valence-corrected chi connectivity index (χ1v) is 5.75. The lowest BCUT2D eigenvalue weighted by Crippen LogP contribution is -2.44. The van der Waals surface area contributed by atoms with Crippen LogP contribution in [0.15, 0.2) is 12.4 Å². The number of piperazine rings is 1. The molecule has 1 aliphatic carbocycles. The van der Waals surface area contributed by atoms with E-state index in [2.05, 4.69) is 20.2 Å². The smallest absolute Gasteiger partial charge is 0.225 e. The van der Waals surface area contributed by atoms with Crippen LogP contribution in [0.4, 0.5) is 10.3 Å². The van der Waals surface area contributed by atoms with E-state index in [1.807, 2.05) is 0 Å². The summed E-state index contributed by atoms with van der Waals surface area (Å²) < 4.78 is 13.7. The van der Waals surface area contributed by atoms with Crippen LogP contribution in [0.25, 0.3) is 0 Å². The lowest BCUT2D eigenvalue weighted by molar-refractivity contribution is 0.316. The Kier molecular flexibility index (Phi) is 2.28. The molecule has 0 bridgehead atoms. The second-order valence-corrected chi connectivity index (χ2v) is 4.47. The standard InChI is InChI=1S/C11H15FN4/c12-11(1-2-11)9-7-14-10(15-8-9)16-5-3-13-4-6-16/h7-8,13H,1-6H2. The van der Waals surface area contributed by atoms with Crippen molar-refractivity contribution in [2.45, 2.75) is 18.5 Å². The van der Waals surface area contributed by atoms with Crippen molar-refractivity contribution < 1.29 is 4.39 Å². The molecular weight excluding hydrogens is 207 g/mol. The predicted molar refractivity (Wildman–Crippen MR) is 59.1 cm³/mol. The van der Waals surface area contributed by atoms with Gasteiger partial charge in [-0.05, 0) is 12.8 Å². The molecular formula is C11H15FN4. The van der Waals surface area contributed by atoms with Crippen LogP contribution in [0.5, 0.6) is 0 Å². The summed E-state index contributed by atoms with van der Waals surface area (Å²) in [7, 11) is 0. The van der Waals surface area contributed by atoms with Gasteiger partial charge in [-0.15, -0.1) is 0 Å². The molecule has 0 atom stereocenters. The zero-order valence-electron chi connectivity index (χ0n) is 9.12. The van der Waals surface area contributed by atoms with Crippen molar-refractivity contribution >= 4 is 5.95 Å². The molecule has 0 unspecified atom stereocenters. The van der Waals surface area contributed by atoms with Crippen molar-refractivity contribution in [2.75, 3.05) is 31.1 Å². The number of halogens is 1. The molecule has 1 saturated heterocycles. The van der Waals surface area contributed by atoms with Crippen molar-refractivity contribution in [3.8, 4) is 0 Å². The van der Waals surface area contributed by atoms with Gasteiger partial charge in [0.15, 0.2) is 0 Å². The number of nitrogens with zero attached hydrogens (tertiary/aromatic N) is 3. The van der Waals surface area contributed by atoms with Crippen LogP contribution in [-0.2, 0) is 5.67 Å². The van der Waals surface area contributed by atoms with E-state index in [1.165, 1.54) is 0 Å². The Morgan fingerprint density at radius 3 is 2.38 bits per heavy atom. The van der Waals surface area contributed by atoms with E-state index in [-0.39, 0.29) is 0 Å². The van der Waals surface area contributed by atoms with Gasteiger partial charge in [-0.1, -0.05) is 0 Å². The van der Waals surface area contributed by atoms with Crippen LogP contribution in [0, 0.1) is 0 Å². The van der Waals surface area contributed by atoms with E-state index in [0.29, 0.717) is 18.4 Å². The zero-order chi connectivity index (χ0) is 11.0. The highest BCUT2D eigenvalue weighted by Gasteiger charge is 2.45. The van der Waals surface area contributed by atoms with Crippen LogP contribution in [0.3, 0.4) is 0 Å².